The van der Waals surface area contributed by atoms with Crippen LogP contribution in [-0.2, 0) is 0 Å². The van der Waals surface area contributed by atoms with Crippen molar-refractivity contribution in [2.24, 2.45) is 0 Å². The zero-order valence-corrected chi connectivity index (χ0v) is 13.0. The van der Waals surface area contributed by atoms with Crippen molar-refractivity contribution in [3.63, 3.8) is 0 Å². The fraction of sp³-hybridized carbons (Fsp3) is 0.375. The molecular weight excluding hydrogens is 274 g/mol. The fourth-order valence-electron chi connectivity index (χ4n) is 2.40. The molecule has 0 bridgehead atoms. The van der Waals surface area contributed by atoms with Crippen molar-refractivity contribution in [3.05, 3.63) is 51.9 Å². The number of ether oxygens (including phenoxy) is 1. The third-order valence-corrected chi connectivity index (χ3v) is 3.64. The molecule has 0 radical (unpaired) electrons. The molecule has 0 aliphatic carbocycles. The van der Waals surface area contributed by atoms with Crippen molar-refractivity contribution in [1.82, 2.24) is 5.32 Å². The highest BCUT2D eigenvalue weighted by Crippen LogP contribution is 2.33. The van der Waals surface area contributed by atoms with Crippen LogP contribution in [0.25, 0.3) is 0 Å². The minimum Gasteiger partial charge on any atom is -0.497 e. The van der Waals surface area contributed by atoms with Gasteiger partial charge in [-0.15, -0.1) is 0 Å². The van der Waals surface area contributed by atoms with Gasteiger partial charge in [0.15, 0.2) is 0 Å². The van der Waals surface area contributed by atoms with Gasteiger partial charge >= 0.3 is 0 Å². The molecule has 2 aromatic rings. The molecule has 1 aromatic heterocycles. The van der Waals surface area contributed by atoms with E-state index < -0.39 is 0 Å². The van der Waals surface area contributed by atoms with Crippen molar-refractivity contribution >= 4 is 11.6 Å². The molecule has 0 spiro atoms. The number of nitrogens with one attached hydrogen (secondary N) is 1. The first-order valence-electron chi connectivity index (χ1n) is 6.70. The van der Waals surface area contributed by atoms with Crippen LogP contribution in [0, 0.1) is 13.8 Å². The average molecular weight is 294 g/mol. The van der Waals surface area contributed by atoms with E-state index in [1.165, 1.54) is 0 Å². The maximum absolute atomic E-state index is 6.40. The third kappa shape index (κ3) is 3.00. The maximum atomic E-state index is 6.40. The second-order valence-electron chi connectivity index (χ2n) is 4.75. The molecule has 0 aliphatic rings. The summed E-state index contributed by atoms with van der Waals surface area (Å²) in [6, 6.07) is 7.84. The number of hydrogen-bond donors (Lipinski definition) is 1. The molecule has 0 aliphatic heterocycles. The molecule has 20 heavy (non-hydrogen) atoms. The molecule has 0 saturated heterocycles. The fourth-order valence-corrected chi connectivity index (χ4v) is 2.68. The summed E-state index contributed by atoms with van der Waals surface area (Å²) in [6.07, 6.45) is 0. The summed E-state index contributed by atoms with van der Waals surface area (Å²) in [4.78, 5) is 0. The van der Waals surface area contributed by atoms with Gasteiger partial charge in [-0.05, 0) is 44.2 Å². The molecule has 1 unspecified atom stereocenters. The van der Waals surface area contributed by atoms with Crippen LogP contribution < -0.4 is 10.1 Å². The molecule has 1 heterocycles. The normalized spacial score (nSPS) is 12.4. The average Bonchev–Trinajstić information content (AvgIpc) is 2.75. The van der Waals surface area contributed by atoms with Gasteiger partial charge in [0.25, 0.3) is 0 Å². The molecule has 3 nitrogen and oxygen atoms in total. The summed E-state index contributed by atoms with van der Waals surface area (Å²) >= 11 is 6.40. The van der Waals surface area contributed by atoms with E-state index in [2.05, 4.69) is 18.3 Å². The summed E-state index contributed by atoms with van der Waals surface area (Å²) in [5, 5.41) is 4.15. The molecule has 2 rings (SSSR count). The van der Waals surface area contributed by atoms with Crippen LogP contribution in [0.15, 0.2) is 28.7 Å². The van der Waals surface area contributed by atoms with E-state index in [1.54, 1.807) is 7.11 Å². The molecule has 0 fully saturated rings. The Morgan fingerprint density at radius 1 is 1.25 bits per heavy atom. The Bertz CT molecular complexity index is 592. The minimum absolute atomic E-state index is 0.0239. The lowest BCUT2D eigenvalue weighted by atomic mass is 9.98. The number of halogens is 1. The van der Waals surface area contributed by atoms with Crippen LogP contribution in [0.4, 0.5) is 0 Å². The molecule has 0 amide bonds. The molecule has 1 N–H and O–H groups in total. The standard InChI is InChI=1S/C16H20ClNO2/c1-5-18-16(14-8-10(2)20-11(14)3)13-7-6-12(19-4)9-15(13)17/h6-9,16,18H,5H2,1-4H3. The predicted octanol–water partition coefficient (Wildman–Crippen LogP) is 4.26. The van der Waals surface area contributed by atoms with E-state index in [4.69, 9.17) is 20.8 Å². The van der Waals surface area contributed by atoms with E-state index in [0.29, 0.717) is 5.02 Å². The lowest BCUT2D eigenvalue weighted by Gasteiger charge is -2.19. The summed E-state index contributed by atoms with van der Waals surface area (Å²) in [5.41, 5.74) is 2.15. The molecule has 1 aromatic carbocycles. The Balaban J connectivity index is 2.45. The van der Waals surface area contributed by atoms with Gasteiger partial charge in [0, 0.05) is 10.6 Å². The number of methoxy groups -OCH3 is 1. The molecule has 1 atom stereocenters. The first-order chi connectivity index (χ1) is 9.56. The first kappa shape index (κ1) is 14.9. The molecule has 4 heteroatoms. The van der Waals surface area contributed by atoms with Crippen molar-refractivity contribution < 1.29 is 9.15 Å². The summed E-state index contributed by atoms with van der Waals surface area (Å²) in [7, 11) is 1.64. The Labute approximate surface area is 124 Å². The Morgan fingerprint density at radius 2 is 2.00 bits per heavy atom. The van der Waals surface area contributed by atoms with E-state index in [0.717, 1.165) is 34.9 Å². The van der Waals surface area contributed by atoms with E-state index in [9.17, 15) is 0 Å². The highest BCUT2D eigenvalue weighted by atomic mass is 35.5. The number of aryl methyl sites for hydroxylation is 2. The van der Waals surface area contributed by atoms with Gasteiger partial charge in [0.1, 0.15) is 17.3 Å². The zero-order valence-electron chi connectivity index (χ0n) is 12.3. The van der Waals surface area contributed by atoms with Gasteiger partial charge in [-0.3, -0.25) is 0 Å². The minimum atomic E-state index is 0.0239. The summed E-state index contributed by atoms with van der Waals surface area (Å²) in [6.45, 7) is 6.85. The van der Waals surface area contributed by atoms with Crippen LogP contribution in [0.3, 0.4) is 0 Å². The SMILES string of the molecule is CCNC(c1ccc(OC)cc1Cl)c1cc(C)oc1C. The third-order valence-electron chi connectivity index (χ3n) is 3.32. The Hall–Kier alpha value is -1.45. The monoisotopic (exact) mass is 293 g/mol. The van der Waals surface area contributed by atoms with Crippen LogP contribution in [0.1, 0.15) is 35.6 Å². The van der Waals surface area contributed by atoms with Crippen LogP contribution in [-0.4, -0.2) is 13.7 Å². The highest BCUT2D eigenvalue weighted by molar-refractivity contribution is 6.31. The first-order valence-corrected chi connectivity index (χ1v) is 7.08. The van der Waals surface area contributed by atoms with Crippen molar-refractivity contribution in [2.75, 3.05) is 13.7 Å². The van der Waals surface area contributed by atoms with E-state index in [-0.39, 0.29) is 6.04 Å². The van der Waals surface area contributed by atoms with E-state index in [1.807, 2.05) is 32.0 Å². The number of rotatable bonds is 5. The highest BCUT2D eigenvalue weighted by Gasteiger charge is 2.20. The van der Waals surface area contributed by atoms with Crippen LogP contribution in [0.2, 0.25) is 5.02 Å². The van der Waals surface area contributed by atoms with Crippen LogP contribution >= 0.6 is 11.6 Å². The second-order valence-corrected chi connectivity index (χ2v) is 5.15. The molecular formula is C16H20ClNO2. The van der Waals surface area contributed by atoms with E-state index >= 15 is 0 Å². The molecule has 0 saturated carbocycles. The summed E-state index contributed by atoms with van der Waals surface area (Å²) < 4.78 is 10.8. The quantitative estimate of drug-likeness (QED) is 0.894. The smallest absolute Gasteiger partial charge is 0.120 e. The predicted molar refractivity (Wildman–Crippen MR) is 81.7 cm³/mol. The zero-order chi connectivity index (χ0) is 14.7. The van der Waals surface area contributed by atoms with Crippen molar-refractivity contribution in [2.45, 2.75) is 26.8 Å². The number of benzene rings is 1. The maximum Gasteiger partial charge on any atom is 0.120 e. The summed E-state index contributed by atoms with van der Waals surface area (Å²) in [5.74, 6) is 2.58. The molecule has 108 valence electrons. The van der Waals surface area contributed by atoms with Gasteiger partial charge in [-0.2, -0.15) is 0 Å². The van der Waals surface area contributed by atoms with Gasteiger partial charge in [0.2, 0.25) is 0 Å². The van der Waals surface area contributed by atoms with Crippen molar-refractivity contribution in [1.29, 1.82) is 0 Å². The largest absolute Gasteiger partial charge is 0.497 e. The topological polar surface area (TPSA) is 34.4 Å². The van der Waals surface area contributed by atoms with Crippen LogP contribution in [0.5, 0.6) is 5.75 Å². The Morgan fingerprint density at radius 3 is 2.50 bits per heavy atom. The second kappa shape index (κ2) is 6.33. The lowest BCUT2D eigenvalue weighted by molar-refractivity contribution is 0.414. The Kier molecular flexibility index (Phi) is 4.73. The number of hydrogen-bond acceptors (Lipinski definition) is 3. The van der Waals surface area contributed by atoms with Gasteiger partial charge in [0.05, 0.1) is 13.2 Å². The lowest BCUT2D eigenvalue weighted by Crippen LogP contribution is -2.22. The van der Waals surface area contributed by atoms with Gasteiger partial charge in [-0.25, -0.2) is 0 Å². The van der Waals surface area contributed by atoms with Crippen molar-refractivity contribution in [3.8, 4) is 5.75 Å². The van der Waals surface area contributed by atoms with Gasteiger partial charge < -0.3 is 14.5 Å². The van der Waals surface area contributed by atoms with Gasteiger partial charge in [-0.1, -0.05) is 24.6 Å². The number of furan rings is 1.